The van der Waals surface area contributed by atoms with E-state index >= 15 is 0 Å². The van der Waals surface area contributed by atoms with Crippen molar-refractivity contribution in [2.24, 2.45) is 7.05 Å². The van der Waals surface area contributed by atoms with Crippen molar-refractivity contribution in [3.63, 3.8) is 0 Å². The van der Waals surface area contributed by atoms with Gasteiger partial charge in [0.15, 0.2) is 0 Å². The number of hydrogen-bond donors (Lipinski definition) is 1. The van der Waals surface area contributed by atoms with Crippen molar-refractivity contribution in [2.45, 2.75) is 26.7 Å². The Morgan fingerprint density at radius 3 is 2.75 bits per heavy atom. The number of benzene rings is 1. The number of aryl methyl sites for hydroxylation is 2. The third-order valence-corrected chi connectivity index (χ3v) is 4.42. The standard InChI is InChI=1S/C19H22N4O/c1-13-17(14(2)23(3)22-13)9-11-20-18(24)12-16-7-4-6-15-8-5-10-21-19(15)16/h4-8,10H,9,11-12H2,1-3H3,(H,20,24). The van der Waals surface area contributed by atoms with Crippen LogP contribution in [-0.2, 0) is 24.7 Å². The first-order chi connectivity index (χ1) is 11.6. The molecule has 0 saturated carbocycles. The molecular formula is C19H22N4O. The number of hydrogen-bond acceptors (Lipinski definition) is 3. The third kappa shape index (κ3) is 3.30. The number of rotatable bonds is 5. The highest BCUT2D eigenvalue weighted by Gasteiger charge is 2.11. The number of fused-ring (bicyclic) bond motifs is 1. The van der Waals surface area contributed by atoms with Gasteiger partial charge in [0, 0.05) is 30.9 Å². The van der Waals surface area contributed by atoms with E-state index in [0.29, 0.717) is 13.0 Å². The average molecular weight is 322 g/mol. The van der Waals surface area contributed by atoms with Crippen molar-refractivity contribution in [1.82, 2.24) is 20.1 Å². The van der Waals surface area contributed by atoms with Gasteiger partial charge < -0.3 is 5.32 Å². The van der Waals surface area contributed by atoms with Crippen molar-refractivity contribution in [3.05, 3.63) is 59.0 Å². The summed E-state index contributed by atoms with van der Waals surface area (Å²) in [7, 11) is 1.94. The van der Waals surface area contributed by atoms with Crippen LogP contribution in [0.3, 0.4) is 0 Å². The molecule has 2 aromatic heterocycles. The predicted octanol–water partition coefficient (Wildman–Crippen LogP) is 2.49. The molecule has 124 valence electrons. The van der Waals surface area contributed by atoms with Crippen molar-refractivity contribution in [3.8, 4) is 0 Å². The molecule has 1 aromatic carbocycles. The Morgan fingerprint density at radius 1 is 1.21 bits per heavy atom. The van der Waals surface area contributed by atoms with Gasteiger partial charge in [-0.15, -0.1) is 0 Å². The second-order valence-corrected chi connectivity index (χ2v) is 6.04. The summed E-state index contributed by atoms with van der Waals surface area (Å²) in [6.07, 6.45) is 2.90. The molecule has 3 rings (SSSR count). The summed E-state index contributed by atoms with van der Waals surface area (Å²) in [5.41, 5.74) is 5.25. The van der Waals surface area contributed by atoms with Gasteiger partial charge in [0.25, 0.3) is 0 Å². The van der Waals surface area contributed by atoms with E-state index in [2.05, 4.69) is 22.3 Å². The van der Waals surface area contributed by atoms with E-state index in [0.717, 1.165) is 34.3 Å². The average Bonchev–Trinajstić information content (AvgIpc) is 2.81. The van der Waals surface area contributed by atoms with Crippen LogP contribution in [0.1, 0.15) is 22.5 Å². The van der Waals surface area contributed by atoms with Gasteiger partial charge in [-0.25, -0.2) is 0 Å². The van der Waals surface area contributed by atoms with E-state index in [9.17, 15) is 4.79 Å². The lowest BCUT2D eigenvalue weighted by Crippen LogP contribution is -2.27. The third-order valence-electron chi connectivity index (χ3n) is 4.42. The van der Waals surface area contributed by atoms with Crippen molar-refractivity contribution in [1.29, 1.82) is 0 Å². The van der Waals surface area contributed by atoms with Gasteiger partial charge in [-0.2, -0.15) is 5.10 Å². The summed E-state index contributed by atoms with van der Waals surface area (Å²) in [6, 6.07) is 9.86. The van der Waals surface area contributed by atoms with Crippen LogP contribution < -0.4 is 5.32 Å². The molecule has 0 spiro atoms. The fourth-order valence-electron chi connectivity index (χ4n) is 3.05. The molecule has 0 aliphatic rings. The molecule has 0 saturated heterocycles. The zero-order valence-corrected chi connectivity index (χ0v) is 14.3. The van der Waals surface area contributed by atoms with Crippen LogP contribution in [0, 0.1) is 13.8 Å². The molecule has 0 aliphatic heterocycles. The quantitative estimate of drug-likeness (QED) is 0.785. The molecule has 0 radical (unpaired) electrons. The molecule has 1 N–H and O–H groups in total. The van der Waals surface area contributed by atoms with E-state index in [1.807, 2.05) is 49.0 Å². The molecule has 5 nitrogen and oxygen atoms in total. The Morgan fingerprint density at radius 2 is 2.00 bits per heavy atom. The van der Waals surface area contributed by atoms with Crippen LogP contribution >= 0.6 is 0 Å². The maximum atomic E-state index is 12.3. The molecule has 1 amide bonds. The lowest BCUT2D eigenvalue weighted by atomic mass is 10.1. The highest BCUT2D eigenvalue weighted by atomic mass is 16.1. The minimum Gasteiger partial charge on any atom is -0.355 e. The Labute approximate surface area is 141 Å². The summed E-state index contributed by atoms with van der Waals surface area (Å²) in [5.74, 6) is 0.0207. The smallest absolute Gasteiger partial charge is 0.224 e. The zero-order chi connectivity index (χ0) is 17.1. The fraction of sp³-hybridized carbons (Fsp3) is 0.316. The predicted molar refractivity (Wildman–Crippen MR) is 94.8 cm³/mol. The number of nitrogens with one attached hydrogen (secondary N) is 1. The maximum absolute atomic E-state index is 12.3. The Bertz CT molecular complexity index is 877. The summed E-state index contributed by atoms with van der Waals surface area (Å²) in [6.45, 7) is 4.68. The molecule has 0 aliphatic carbocycles. The minimum absolute atomic E-state index is 0.0207. The van der Waals surface area contributed by atoms with E-state index in [4.69, 9.17) is 0 Å². The van der Waals surface area contributed by atoms with E-state index in [1.54, 1.807) is 6.20 Å². The van der Waals surface area contributed by atoms with E-state index in [-0.39, 0.29) is 5.91 Å². The number of carbonyl (C=O) groups is 1. The molecular weight excluding hydrogens is 300 g/mol. The molecule has 0 atom stereocenters. The molecule has 0 bridgehead atoms. The summed E-state index contributed by atoms with van der Waals surface area (Å²) < 4.78 is 1.88. The lowest BCUT2D eigenvalue weighted by Gasteiger charge is -2.08. The second-order valence-electron chi connectivity index (χ2n) is 6.04. The first-order valence-electron chi connectivity index (χ1n) is 8.14. The molecule has 24 heavy (non-hydrogen) atoms. The number of amides is 1. The molecule has 0 fully saturated rings. The Hall–Kier alpha value is -2.69. The summed E-state index contributed by atoms with van der Waals surface area (Å²) in [5, 5.41) is 8.47. The maximum Gasteiger partial charge on any atom is 0.224 e. The van der Waals surface area contributed by atoms with Gasteiger partial charge >= 0.3 is 0 Å². The topological polar surface area (TPSA) is 59.8 Å². The van der Waals surface area contributed by atoms with Crippen LogP contribution in [0.2, 0.25) is 0 Å². The number of aromatic nitrogens is 3. The number of para-hydroxylation sites is 1. The monoisotopic (exact) mass is 322 g/mol. The zero-order valence-electron chi connectivity index (χ0n) is 14.3. The minimum atomic E-state index is 0.0207. The highest BCUT2D eigenvalue weighted by molar-refractivity contribution is 5.87. The SMILES string of the molecule is Cc1nn(C)c(C)c1CCNC(=O)Cc1cccc2cccnc12. The van der Waals surface area contributed by atoms with E-state index < -0.39 is 0 Å². The van der Waals surface area contributed by atoms with Gasteiger partial charge in [0.2, 0.25) is 5.91 Å². The molecule has 0 unspecified atom stereocenters. The normalized spacial score (nSPS) is 11.0. The van der Waals surface area contributed by atoms with Crippen LogP contribution in [0.15, 0.2) is 36.5 Å². The van der Waals surface area contributed by atoms with E-state index in [1.165, 1.54) is 5.56 Å². The fourth-order valence-corrected chi connectivity index (χ4v) is 3.05. The number of carbonyl (C=O) groups excluding carboxylic acids is 1. The van der Waals surface area contributed by atoms with Crippen LogP contribution in [0.25, 0.3) is 10.9 Å². The highest BCUT2D eigenvalue weighted by Crippen LogP contribution is 2.16. The van der Waals surface area contributed by atoms with Gasteiger partial charge in [-0.05, 0) is 37.5 Å². The molecule has 3 aromatic rings. The van der Waals surface area contributed by atoms with Crippen LogP contribution in [-0.4, -0.2) is 27.2 Å². The van der Waals surface area contributed by atoms with Crippen molar-refractivity contribution >= 4 is 16.8 Å². The largest absolute Gasteiger partial charge is 0.355 e. The lowest BCUT2D eigenvalue weighted by molar-refractivity contribution is -0.120. The van der Waals surface area contributed by atoms with Crippen LogP contribution in [0.4, 0.5) is 0 Å². The van der Waals surface area contributed by atoms with Gasteiger partial charge in [-0.3, -0.25) is 14.5 Å². The first kappa shape index (κ1) is 16.2. The van der Waals surface area contributed by atoms with Crippen molar-refractivity contribution in [2.75, 3.05) is 6.54 Å². The van der Waals surface area contributed by atoms with Gasteiger partial charge in [0.1, 0.15) is 0 Å². The molecule has 2 heterocycles. The summed E-state index contributed by atoms with van der Waals surface area (Å²) >= 11 is 0. The van der Waals surface area contributed by atoms with Gasteiger partial charge in [-0.1, -0.05) is 24.3 Å². The van der Waals surface area contributed by atoms with Crippen molar-refractivity contribution < 1.29 is 4.79 Å². The Kier molecular flexibility index (Phi) is 4.60. The number of pyridine rings is 1. The Balaban J connectivity index is 1.61. The van der Waals surface area contributed by atoms with Crippen LogP contribution in [0.5, 0.6) is 0 Å². The summed E-state index contributed by atoms with van der Waals surface area (Å²) in [4.78, 5) is 16.7. The van der Waals surface area contributed by atoms with Gasteiger partial charge in [0.05, 0.1) is 17.6 Å². The second kappa shape index (κ2) is 6.83. The first-order valence-corrected chi connectivity index (χ1v) is 8.14. The molecule has 5 heteroatoms. The number of nitrogens with zero attached hydrogens (tertiary/aromatic N) is 3.